The van der Waals surface area contributed by atoms with E-state index in [4.69, 9.17) is 16.3 Å². The molecule has 96 valence electrons. The van der Waals surface area contributed by atoms with Gasteiger partial charge in [-0.05, 0) is 24.6 Å². The lowest BCUT2D eigenvalue weighted by atomic mass is 10.1. The number of ketones is 1. The first-order valence-electron chi connectivity index (χ1n) is 5.76. The normalized spacial score (nSPS) is 15.7. The molecule has 18 heavy (non-hydrogen) atoms. The summed E-state index contributed by atoms with van der Waals surface area (Å²) in [4.78, 5) is 25.2. The van der Waals surface area contributed by atoms with Crippen molar-refractivity contribution in [1.29, 1.82) is 0 Å². The molecule has 1 aliphatic rings. The highest BCUT2D eigenvalue weighted by Gasteiger charge is 2.24. The van der Waals surface area contributed by atoms with Crippen LogP contribution in [0.3, 0.4) is 0 Å². The van der Waals surface area contributed by atoms with Crippen LogP contribution in [0.15, 0.2) is 18.2 Å². The maximum Gasteiger partial charge on any atom is 0.258 e. The third-order valence-corrected chi connectivity index (χ3v) is 3.17. The molecule has 1 fully saturated rings. The lowest BCUT2D eigenvalue weighted by molar-refractivity contribution is -0.121. The predicted octanol–water partition coefficient (Wildman–Crippen LogP) is 2.15. The summed E-state index contributed by atoms with van der Waals surface area (Å²) < 4.78 is 5.15. The fourth-order valence-corrected chi connectivity index (χ4v) is 2.19. The molecule has 1 heterocycles. The van der Waals surface area contributed by atoms with Crippen molar-refractivity contribution in [1.82, 2.24) is 4.90 Å². The van der Waals surface area contributed by atoms with Crippen LogP contribution in [-0.4, -0.2) is 36.8 Å². The summed E-state index contributed by atoms with van der Waals surface area (Å²) >= 11 is 5.85. The van der Waals surface area contributed by atoms with Gasteiger partial charge in [0.05, 0.1) is 19.2 Å². The van der Waals surface area contributed by atoms with Crippen LogP contribution in [0.25, 0.3) is 0 Å². The zero-order valence-electron chi connectivity index (χ0n) is 10.1. The number of ether oxygens (including phenoxy) is 1. The Bertz CT molecular complexity index is 487. The second kappa shape index (κ2) is 5.40. The van der Waals surface area contributed by atoms with Crippen LogP contribution in [0, 0.1) is 0 Å². The van der Waals surface area contributed by atoms with E-state index >= 15 is 0 Å². The summed E-state index contributed by atoms with van der Waals surface area (Å²) in [5.41, 5.74) is 0.441. The monoisotopic (exact) mass is 267 g/mol. The van der Waals surface area contributed by atoms with Crippen LogP contribution in [-0.2, 0) is 4.79 Å². The van der Waals surface area contributed by atoms with Crippen LogP contribution in [0.2, 0.25) is 5.02 Å². The summed E-state index contributed by atoms with van der Waals surface area (Å²) in [5, 5.41) is 0.512. The molecule has 1 saturated heterocycles. The molecule has 0 aromatic heterocycles. The van der Waals surface area contributed by atoms with Gasteiger partial charge in [-0.1, -0.05) is 11.6 Å². The second-order valence-corrected chi connectivity index (χ2v) is 4.65. The predicted molar refractivity (Wildman–Crippen MR) is 68.1 cm³/mol. The average molecular weight is 268 g/mol. The Balaban J connectivity index is 2.25. The fourth-order valence-electron chi connectivity index (χ4n) is 2.02. The molecule has 0 bridgehead atoms. The molecule has 0 N–H and O–H groups in total. The Labute approximate surface area is 110 Å². The third-order valence-electron chi connectivity index (χ3n) is 2.93. The molecule has 1 amide bonds. The van der Waals surface area contributed by atoms with Crippen LogP contribution < -0.4 is 4.74 Å². The van der Waals surface area contributed by atoms with Gasteiger partial charge in [-0.2, -0.15) is 0 Å². The minimum atomic E-state index is -0.184. The molecule has 1 aromatic carbocycles. The Morgan fingerprint density at radius 3 is 2.89 bits per heavy atom. The number of piperidine rings is 1. The van der Waals surface area contributed by atoms with Crippen molar-refractivity contribution in [3.05, 3.63) is 28.8 Å². The molecule has 2 rings (SSSR count). The van der Waals surface area contributed by atoms with Crippen molar-refractivity contribution in [2.24, 2.45) is 0 Å². The summed E-state index contributed by atoms with van der Waals surface area (Å²) in [6, 6.07) is 4.87. The number of carbonyl (C=O) groups is 2. The highest BCUT2D eigenvalue weighted by molar-refractivity contribution is 6.30. The number of rotatable bonds is 2. The number of Topliss-reactive ketones (excluding diaryl/α,β-unsaturated/α-hetero) is 1. The summed E-state index contributed by atoms with van der Waals surface area (Å²) in [7, 11) is 1.49. The third kappa shape index (κ3) is 2.64. The zero-order valence-corrected chi connectivity index (χ0v) is 10.9. The van der Waals surface area contributed by atoms with Crippen molar-refractivity contribution in [2.75, 3.05) is 20.2 Å². The van der Waals surface area contributed by atoms with E-state index in [0.29, 0.717) is 29.3 Å². The first-order valence-corrected chi connectivity index (χ1v) is 6.14. The van der Waals surface area contributed by atoms with Gasteiger partial charge in [-0.25, -0.2) is 0 Å². The van der Waals surface area contributed by atoms with E-state index in [1.807, 2.05) is 0 Å². The number of nitrogens with zero attached hydrogens (tertiary/aromatic N) is 1. The van der Waals surface area contributed by atoms with E-state index in [-0.39, 0.29) is 18.2 Å². The molecule has 5 heteroatoms. The van der Waals surface area contributed by atoms with E-state index in [0.717, 1.165) is 6.42 Å². The first-order chi connectivity index (χ1) is 8.61. The molecular formula is C13H14ClNO3. The Morgan fingerprint density at radius 2 is 2.22 bits per heavy atom. The average Bonchev–Trinajstić information content (AvgIpc) is 2.37. The van der Waals surface area contributed by atoms with Crippen molar-refractivity contribution in [2.45, 2.75) is 12.8 Å². The van der Waals surface area contributed by atoms with Crippen LogP contribution >= 0.6 is 11.6 Å². The number of amides is 1. The zero-order chi connectivity index (χ0) is 13.1. The molecule has 0 saturated carbocycles. The quantitative estimate of drug-likeness (QED) is 0.825. The van der Waals surface area contributed by atoms with Gasteiger partial charge < -0.3 is 9.64 Å². The number of methoxy groups -OCH3 is 1. The molecule has 1 aromatic rings. The van der Waals surface area contributed by atoms with E-state index in [2.05, 4.69) is 0 Å². The number of hydrogen-bond donors (Lipinski definition) is 0. The molecule has 0 atom stereocenters. The SMILES string of the molecule is COc1cc(Cl)ccc1C(=O)N1CCCC(=O)C1. The minimum Gasteiger partial charge on any atom is -0.496 e. The maximum absolute atomic E-state index is 12.3. The van der Waals surface area contributed by atoms with Gasteiger partial charge in [0.1, 0.15) is 5.75 Å². The van der Waals surface area contributed by atoms with Crippen molar-refractivity contribution in [3.8, 4) is 5.75 Å². The number of benzene rings is 1. The first kappa shape index (κ1) is 12.9. The van der Waals surface area contributed by atoms with E-state index < -0.39 is 0 Å². The van der Waals surface area contributed by atoms with Crippen LogP contribution in [0.4, 0.5) is 0 Å². The van der Waals surface area contributed by atoms with Crippen LogP contribution in [0.1, 0.15) is 23.2 Å². The van der Waals surface area contributed by atoms with Crippen molar-refractivity contribution in [3.63, 3.8) is 0 Å². The molecule has 4 nitrogen and oxygen atoms in total. The maximum atomic E-state index is 12.3. The van der Waals surface area contributed by atoms with Gasteiger partial charge in [-0.15, -0.1) is 0 Å². The summed E-state index contributed by atoms with van der Waals surface area (Å²) in [5.74, 6) is 0.351. The van der Waals surface area contributed by atoms with Gasteiger partial charge in [0, 0.05) is 18.0 Å². The van der Waals surface area contributed by atoms with Gasteiger partial charge in [-0.3, -0.25) is 9.59 Å². The van der Waals surface area contributed by atoms with Crippen molar-refractivity contribution >= 4 is 23.3 Å². The second-order valence-electron chi connectivity index (χ2n) is 4.21. The fraction of sp³-hybridized carbons (Fsp3) is 0.385. The summed E-state index contributed by atoms with van der Waals surface area (Å²) in [6.07, 6.45) is 1.28. The number of halogens is 1. The summed E-state index contributed by atoms with van der Waals surface area (Å²) in [6.45, 7) is 0.793. The Kier molecular flexibility index (Phi) is 3.87. The molecule has 1 aliphatic heterocycles. The van der Waals surface area contributed by atoms with Gasteiger partial charge >= 0.3 is 0 Å². The van der Waals surface area contributed by atoms with E-state index in [1.165, 1.54) is 7.11 Å². The lowest BCUT2D eigenvalue weighted by Gasteiger charge is -2.26. The minimum absolute atomic E-state index is 0.0996. The van der Waals surface area contributed by atoms with Gasteiger partial charge in [0.15, 0.2) is 5.78 Å². The highest BCUT2D eigenvalue weighted by atomic mass is 35.5. The Hall–Kier alpha value is -1.55. The molecule has 0 unspecified atom stereocenters. The molecule has 0 aliphatic carbocycles. The number of hydrogen-bond acceptors (Lipinski definition) is 3. The number of carbonyl (C=O) groups excluding carboxylic acids is 2. The smallest absolute Gasteiger partial charge is 0.258 e. The molecule has 0 spiro atoms. The highest BCUT2D eigenvalue weighted by Crippen LogP contribution is 2.25. The van der Waals surface area contributed by atoms with E-state index in [9.17, 15) is 9.59 Å². The van der Waals surface area contributed by atoms with E-state index in [1.54, 1.807) is 23.1 Å². The standard InChI is InChI=1S/C13H14ClNO3/c1-18-12-7-9(14)4-5-11(12)13(17)15-6-2-3-10(16)8-15/h4-5,7H,2-3,6,8H2,1H3. The largest absolute Gasteiger partial charge is 0.496 e. The molecule has 0 radical (unpaired) electrons. The van der Waals surface area contributed by atoms with Crippen molar-refractivity contribution < 1.29 is 14.3 Å². The van der Waals surface area contributed by atoms with Gasteiger partial charge in [0.25, 0.3) is 5.91 Å². The molecular weight excluding hydrogens is 254 g/mol. The van der Waals surface area contributed by atoms with Crippen LogP contribution in [0.5, 0.6) is 5.75 Å². The lowest BCUT2D eigenvalue weighted by Crippen LogP contribution is -2.40. The van der Waals surface area contributed by atoms with Gasteiger partial charge in [0.2, 0.25) is 0 Å². The number of likely N-dealkylation sites (tertiary alicyclic amines) is 1. The topological polar surface area (TPSA) is 46.6 Å². The Morgan fingerprint density at radius 1 is 1.44 bits per heavy atom.